The van der Waals surface area contributed by atoms with Crippen molar-refractivity contribution in [3.05, 3.63) is 69.5 Å². The van der Waals surface area contributed by atoms with Crippen molar-refractivity contribution in [1.29, 1.82) is 0 Å². The molecule has 4 heteroatoms. The Balaban J connectivity index is 1.95. The summed E-state index contributed by atoms with van der Waals surface area (Å²) in [5.74, 6) is 0.838. The highest BCUT2D eigenvalue weighted by molar-refractivity contribution is 7.16. The fourth-order valence-electron chi connectivity index (χ4n) is 2.20. The Labute approximate surface area is 133 Å². The second-order valence-corrected chi connectivity index (χ2v) is 6.30. The van der Waals surface area contributed by atoms with Crippen LogP contribution in [0, 0.1) is 0 Å². The molecule has 0 radical (unpaired) electrons. The van der Waals surface area contributed by atoms with Gasteiger partial charge in [0, 0.05) is 16.9 Å². The van der Waals surface area contributed by atoms with Crippen LogP contribution in [-0.4, -0.2) is 12.1 Å². The summed E-state index contributed by atoms with van der Waals surface area (Å²) in [6.45, 7) is 0. The zero-order valence-corrected chi connectivity index (χ0v) is 13.1. The third-order valence-electron chi connectivity index (χ3n) is 3.24. The summed E-state index contributed by atoms with van der Waals surface area (Å²) in [4.78, 5) is 5.65. The van der Waals surface area contributed by atoms with E-state index in [0.29, 0.717) is 4.47 Å². The molecular weight excluding hydrogens is 302 g/mol. The number of benzene rings is 2. The predicted molar refractivity (Wildman–Crippen MR) is 88.4 cm³/mol. The molecule has 3 rings (SSSR count). The lowest BCUT2D eigenvalue weighted by Gasteiger charge is -2.04. The van der Waals surface area contributed by atoms with Gasteiger partial charge in [0.1, 0.15) is 5.75 Å². The summed E-state index contributed by atoms with van der Waals surface area (Å²) < 4.78 is 5.77. The first-order valence-corrected chi connectivity index (χ1v) is 7.79. The smallest absolute Gasteiger partial charge is 0.184 e. The Hall–Kier alpha value is -1.84. The summed E-state index contributed by atoms with van der Waals surface area (Å²) in [6, 6.07) is 18.3. The van der Waals surface area contributed by atoms with E-state index in [2.05, 4.69) is 17.1 Å². The van der Waals surface area contributed by atoms with Crippen molar-refractivity contribution < 1.29 is 4.74 Å². The van der Waals surface area contributed by atoms with E-state index in [-0.39, 0.29) is 0 Å². The van der Waals surface area contributed by atoms with Gasteiger partial charge in [0.05, 0.1) is 12.8 Å². The normalized spacial score (nSPS) is 10.6. The Bertz CT molecular complexity index is 722. The molecule has 0 saturated heterocycles. The monoisotopic (exact) mass is 315 g/mol. The number of hydrogen-bond acceptors (Lipinski definition) is 3. The molecule has 1 heterocycles. The molecule has 0 spiro atoms. The fourth-order valence-corrected chi connectivity index (χ4v) is 3.40. The van der Waals surface area contributed by atoms with Crippen LogP contribution in [0.4, 0.5) is 0 Å². The summed E-state index contributed by atoms with van der Waals surface area (Å²) in [7, 11) is 1.66. The standard InChI is InChI=1S/C17H14ClNOS/c1-20-14-9-7-13(8-10-14)16-15(21-17(18)19-16)11-12-5-3-2-4-6-12/h2-10H,11H2,1H3. The number of nitrogens with zero attached hydrogens (tertiary/aromatic N) is 1. The summed E-state index contributed by atoms with van der Waals surface area (Å²) >= 11 is 7.66. The molecule has 0 aliphatic carbocycles. The fraction of sp³-hybridized carbons (Fsp3) is 0.118. The number of aromatic nitrogens is 1. The lowest BCUT2D eigenvalue weighted by Crippen LogP contribution is -1.89. The Morgan fingerprint density at radius 1 is 1.05 bits per heavy atom. The van der Waals surface area contributed by atoms with Crippen LogP contribution < -0.4 is 4.74 Å². The number of methoxy groups -OCH3 is 1. The van der Waals surface area contributed by atoms with Crippen LogP contribution in [-0.2, 0) is 6.42 Å². The highest BCUT2D eigenvalue weighted by Crippen LogP contribution is 2.33. The highest BCUT2D eigenvalue weighted by atomic mass is 35.5. The molecule has 0 N–H and O–H groups in total. The van der Waals surface area contributed by atoms with Gasteiger partial charge in [-0.1, -0.05) is 41.9 Å². The molecule has 0 aliphatic heterocycles. The van der Waals surface area contributed by atoms with E-state index in [1.54, 1.807) is 7.11 Å². The average Bonchev–Trinajstić information content (AvgIpc) is 2.89. The van der Waals surface area contributed by atoms with Crippen LogP contribution in [0.15, 0.2) is 54.6 Å². The third-order valence-corrected chi connectivity index (χ3v) is 4.40. The first-order valence-electron chi connectivity index (χ1n) is 6.60. The molecule has 0 bridgehead atoms. The minimum Gasteiger partial charge on any atom is -0.497 e. The molecule has 0 aliphatic rings. The van der Waals surface area contributed by atoms with Crippen LogP contribution in [0.3, 0.4) is 0 Å². The molecule has 2 nitrogen and oxygen atoms in total. The highest BCUT2D eigenvalue weighted by Gasteiger charge is 2.12. The van der Waals surface area contributed by atoms with E-state index in [9.17, 15) is 0 Å². The van der Waals surface area contributed by atoms with E-state index in [1.807, 2.05) is 42.5 Å². The van der Waals surface area contributed by atoms with Crippen molar-refractivity contribution >= 4 is 22.9 Å². The number of hydrogen-bond donors (Lipinski definition) is 0. The van der Waals surface area contributed by atoms with Gasteiger partial charge in [-0.25, -0.2) is 4.98 Å². The third kappa shape index (κ3) is 3.26. The maximum Gasteiger partial charge on any atom is 0.184 e. The van der Waals surface area contributed by atoms with Crippen molar-refractivity contribution in [2.75, 3.05) is 7.11 Å². The van der Waals surface area contributed by atoms with E-state index >= 15 is 0 Å². The molecule has 0 atom stereocenters. The molecule has 1 aromatic heterocycles. The molecule has 0 unspecified atom stereocenters. The first-order chi connectivity index (χ1) is 10.3. The van der Waals surface area contributed by atoms with E-state index < -0.39 is 0 Å². The minimum absolute atomic E-state index is 0.576. The second-order valence-electron chi connectivity index (χ2n) is 4.63. The van der Waals surface area contributed by atoms with Gasteiger partial charge in [-0.2, -0.15) is 0 Å². The van der Waals surface area contributed by atoms with Crippen molar-refractivity contribution in [3.63, 3.8) is 0 Å². The number of halogens is 1. The zero-order chi connectivity index (χ0) is 14.7. The first kappa shape index (κ1) is 14.1. The molecule has 0 fully saturated rings. The number of rotatable bonds is 4. The SMILES string of the molecule is COc1ccc(-c2nc(Cl)sc2Cc2ccccc2)cc1. The van der Waals surface area contributed by atoms with E-state index in [0.717, 1.165) is 23.4 Å². The topological polar surface area (TPSA) is 22.1 Å². The van der Waals surface area contributed by atoms with Crippen molar-refractivity contribution in [3.8, 4) is 17.0 Å². The molecule has 3 aromatic rings. The second kappa shape index (κ2) is 6.29. The molecule has 0 saturated carbocycles. The summed E-state index contributed by atoms with van der Waals surface area (Å²) in [5.41, 5.74) is 3.27. The largest absolute Gasteiger partial charge is 0.497 e. The van der Waals surface area contributed by atoms with Crippen LogP contribution in [0.2, 0.25) is 4.47 Å². The van der Waals surface area contributed by atoms with Gasteiger partial charge >= 0.3 is 0 Å². The van der Waals surface area contributed by atoms with Crippen LogP contribution in [0.1, 0.15) is 10.4 Å². The molecule has 2 aromatic carbocycles. The Kier molecular flexibility index (Phi) is 4.23. The maximum absolute atomic E-state index is 6.12. The molecule has 0 amide bonds. The van der Waals surface area contributed by atoms with Gasteiger partial charge in [0.15, 0.2) is 4.47 Å². The summed E-state index contributed by atoms with van der Waals surface area (Å²) in [6.07, 6.45) is 0.840. The van der Waals surface area contributed by atoms with Gasteiger partial charge in [-0.3, -0.25) is 0 Å². The predicted octanol–water partition coefficient (Wildman–Crippen LogP) is 5.06. The van der Waals surface area contributed by atoms with E-state index in [1.165, 1.54) is 21.8 Å². The van der Waals surface area contributed by atoms with Crippen molar-refractivity contribution in [1.82, 2.24) is 4.98 Å². The molecular formula is C17H14ClNOS. The minimum atomic E-state index is 0.576. The molecule has 21 heavy (non-hydrogen) atoms. The van der Waals surface area contributed by atoms with Gasteiger partial charge in [0.2, 0.25) is 0 Å². The van der Waals surface area contributed by atoms with Gasteiger partial charge in [-0.05, 0) is 29.8 Å². The lowest BCUT2D eigenvalue weighted by molar-refractivity contribution is 0.415. The van der Waals surface area contributed by atoms with Gasteiger partial charge < -0.3 is 4.74 Å². The van der Waals surface area contributed by atoms with Crippen LogP contribution in [0.5, 0.6) is 5.75 Å². The Morgan fingerprint density at radius 2 is 1.76 bits per heavy atom. The number of ether oxygens (including phenoxy) is 1. The average molecular weight is 316 g/mol. The van der Waals surface area contributed by atoms with Crippen LogP contribution >= 0.6 is 22.9 Å². The maximum atomic E-state index is 6.12. The van der Waals surface area contributed by atoms with Gasteiger partial charge in [-0.15, -0.1) is 11.3 Å². The molecule has 106 valence electrons. The van der Waals surface area contributed by atoms with Crippen LogP contribution in [0.25, 0.3) is 11.3 Å². The van der Waals surface area contributed by atoms with E-state index in [4.69, 9.17) is 16.3 Å². The van der Waals surface area contributed by atoms with Gasteiger partial charge in [0.25, 0.3) is 0 Å². The summed E-state index contributed by atoms with van der Waals surface area (Å²) in [5, 5.41) is 0. The van der Waals surface area contributed by atoms with Crippen molar-refractivity contribution in [2.24, 2.45) is 0 Å². The Morgan fingerprint density at radius 3 is 2.43 bits per heavy atom. The van der Waals surface area contributed by atoms with Crippen molar-refractivity contribution in [2.45, 2.75) is 6.42 Å². The lowest BCUT2D eigenvalue weighted by atomic mass is 10.1. The number of thiazole rings is 1. The quantitative estimate of drug-likeness (QED) is 0.671. The zero-order valence-electron chi connectivity index (χ0n) is 11.5.